The van der Waals surface area contributed by atoms with Crippen LogP contribution in [0, 0.1) is 6.92 Å². The van der Waals surface area contributed by atoms with Crippen LogP contribution in [0.3, 0.4) is 0 Å². The lowest BCUT2D eigenvalue weighted by atomic mass is 10.2. The van der Waals surface area contributed by atoms with Gasteiger partial charge in [-0.15, -0.1) is 0 Å². The van der Waals surface area contributed by atoms with E-state index in [0.717, 1.165) is 11.3 Å². The summed E-state index contributed by atoms with van der Waals surface area (Å²) in [6.45, 7) is 5.02. The molecule has 0 radical (unpaired) electrons. The summed E-state index contributed by atoms with van der Waals surface area (Å²) in [6.07, 6.45) is 1.59. The second kappa shape index (κ2) is 9.64. The third-order valence-corrected chi connectivity index (χ3v) is 3.41. The van der Waals surface area contributed by atoms with Gasteiger partial charge in [0, 0.05) is 13.3 Å². The van der Waals surface area contributed by atoms with Gasteiger partial charge in [0.05, 0.1) is 12.6 Å². The van der Waals surface area contributed by atoms with Crippen LogP contribution in [0.4, 0.5) is 0 Å². The number of benzene rings is 1. The van der Waals surface area contributed by atoms with Crippen molar-refractivity contribution in [2.45, 2.75) is 19.9 Å². The van der Waals surface area contributed by atoms with Gasteiger partial charge in [0.2, 0.25) is 5.88 Å². The quantitative estimate of drug-likeness (QED) is 0.708. The Kier molecular flexibility index (Phi) is 7.22. The summed E-state index contributed by atoms with van der Waals surface area (Å²) in [6, 6.07) is 11.0. The summed E-state index contributed by atoms with van der Waals surface area (Å²) in [5.74, 6) is 0.829. The van der Waals surface area contributed by atoms with Crippen molar-refractivity contribution in [2.75, 3.05) is 26.9 Å². The first kappa shape index (κ1) is 18.7. The molecule has 25 heavy (non-hydrogen) atoms. The van der Waals surface area contributed by atoms with Crippen molar-refractivity contribution < 1.29 is 19.0 Å². The predicted octanol–water partition coefficient (Wildman–Crippen LogP) is 2.61. The minimum absolute atomic E-state index is 0.167. The fourth-order valence-corrected chi connectivity index (χ4v) is 2.17. The Hall–Kier alpha value is -2.60. The van der Waals surface area contributed by atoms with Crippen LogP contribution >= 0.6 is 0 Å². The lowest BCUT2D eigenvalue weighted by Gasteiger charge is -2.16. The van der Waals surface area contributed by atoms with E-state index in [9.17, 15) is 4.79 Å². The smallest absolute Gasteiger partial charge is 0.257 e. The zero-order valence-electron chi connectivity index (χ0n) is 14.8. The number of ether oxygens (including phenoxy) is 3. The Morgan fingerprint density at radius 2 is 2.04 bits per heavy atom. The van der Waals surface area contributed by atoms with Gasteiger partial charge in [-0.1, -0.05) is 12.1 Å². The highest BCUT2D eigenvalue weighted by atomic mass is 16.5. The molecule has 6 nitrogen and oxygen atoms in total. The van der Waals surface area contributed by atoms with Crippen LogP contribution in [-0.2, 0) is 4.74 Å². The van der Waals surface area contributed by atoms with E-state index in [-0.39, 0.29) is 11.9 Å². The number of rotatable bonds is 9. The van der Waals surface area contributed by atoms with Gasteiger partial charge in [0.1, 0.15) is 24.5 Å². The first-order chi connectivity index (χ1) is 12.1. The molecule has 134 valence electrons. The molecule has 0 aliphatic carbocycles. The van der Waals surface area contributed by atoms with Crippen molar-refractivity contribution in [1.82, 2.24) is 10.3 Å². The second-order valence-corrected chi connectivity index (χ2v) is 5.70. The molecule has 1 amide bonds. The molecular weight excluding hydrogens is 320 g/mol. The van der Waals surface area contributed by atoms with Crippen LogP contribution < -0.4 is 14.8 Å². The van der Waals surface area contributed by atoms with E-state index in [1.165, 1.54) is 0 Å². The number of nitrogens with one attached hydrogen (secondary N) is 1. The van der Waals surface area contributed by atoms with Crippen LogP contribution in [0.1, 0.15) is 22.8 Å². The number of carbonyl (C=O) groups excluding carboxylic acids is 1. The van der Waals surface area contributed by atoms with Gasteiger partial charge in [-0.3, -0.25) is 4.79 Å². The molecule has 2 aromatic rings. The second-order valence-electron chi connectivity index (χ2n) is 5.70. The molecule has 1 N–H and O–H groups in total. The van der Waals surface area contributed by atoms with Crippen molar-refractivity contribution in [3.8, 4) is 11.6 Å². The lowest BCUT2D eigenvalue weighted by Crippen LogP contribution is -2.37. The predicted molar refractivity (Wildman–Crippen MR) is 95.2 cm³/mol. The molecular formula is C19H24N2O4. The van der Waals surface area contributed by atoms with Crippen molar-refractivity contribution in [2.24, 2.45) is 0 Å². The van der Waals surface area contributed by atoms with Gasteiger partial charge in [0.15, 0.2) is 0 Å². The topological polar surface area (TPSA) is 69.7 Å². The number of carbonyl (C=O) groups is 1. The van der Waals surface area contributed by atoms with Crippen LogP contribution in [0.15, 0.2) is 42.6 Å². The van der Waals surface area contributed by atoms with E-state index in [0.29, 0.717) is 31.3 Å². The molecule has 0 fully saturated rings. The number of nitrogens with zero attached hydrogens (tertiary/aromatic N) is 1. The summed E-state index contributed by atoms with van der Waals surface area (Å²) in [5, 5.41) is 2.90. The number of aryl methyl sites for hydroxylation is 1. The van der Waals surface area contributed by atoms with E-state index in [2.05, 4.69) is 10.3 Å². The third-order valence-electron chi connectivity index (χ3n) is 3.41. The highest BCUT2D eigenvalue weighted by Gasteiger charge is 2.16. The van der Waals surface area contributed by atoms with Crippen molar-refractivity contribution in [3.05, 3.63) is 53.7 Å². The van der Waals surface area contributed by atoms with E-state index >= 15 is 0 Å². The van der Waals surface area contributed by atoms with Gasteiger partial charge in [0.25, 0.3) is 5.91 Å². The molecule has 0 aliphatic heterocycles. The highest BCUT2D eigenvalue weighted by Crippen LogP contribution is 2.15. The van der Waals surface area contributed by atoms with Crippen LogP contribution in [0.2, 0.25) is 0 Å². The Morgan fingerprint density at radius 3 is 2.80 bits per heavy atom. The number of methoxy groups -OCH3 is 1. The van der Waals surface area contributed by atoms with Gasteiger partial charge >= 0.3 is 0 Å². The van der Waals surface area contributed by atoms with E-state index in [1.807, 2.05) is 38.1 Å². The standard InChI is InChI=1S/C19H24N2O4/c1-14-6-4-7-16(12-14)25-13-15(2)21-18(22)17-8-5-9-20-19(17)24-11-10-23-3/h4-9,12,15H,10-11,13H2,1-3H3,(H,21,22). The SMILES string of the molecule is COCCOc1ncccc1C(=O)NC(C)COc1cccc(C)c1. The maximum absolute atomic E-state index is 12.5. The van der Waals surface area contributed by atoms with Crippen LogP contribution in [-0.4, -0.2) is 43.9 Å². The first-order valence-corrected chi connectivity index (χ1v) is 8.17. The Labute approximate surface area is 148 Å². The van der Waals surface area contributed by atoms with E-state index in [4.69, 9.17) is 14.2 Å². The normalized spacial score (nSPS) is 11.6. The summed E-state index contributed by atoms with van der Waals surface area (Å²) in [7, 11) is 1.59. The van der Waals surface area contributed by atoms with Crippen molar-refractivity contribution >= 4 is 5.91 Å². The Morgan fingerprint density at radius 1 is 1.20 bits per heavy atom. The summed E-state index contributed by atoms with van der Waals surface area (Å²) in [5.41, 5.74) is 1.52. The molecule has 1 unspecified atom stereocenters. The number of hydrogen-bond acceptors (Lipinski definition) is 5. The monoisotopic (exact) mass is 344 g/mol. The van der Waals surface area contributed by atoms with Gasteiger partial charge in [-0.2, -0.15) is 0 Å². The molecule has 6 heteroatoms. The fourth-order valence-electron chi connectivity index (χ4n) is 2.17. The number of pyridine rings is 1. The van der Waals surface area contributed by atoms with E-state index < -0.39 is 0 Å². The summed E-state index contributed by atoms with van der Waals surface area (Å²) < 4.78 is 16.2. The highest BCUT2D eigenvalue weighted by molar-refractivity contribution is 5.96. The maximum Gasteiger partial charge on any atom is 0.257 e. The third kappa shape index (κ3) is 6.08. The lowest BCUT2D eigenvalue weighted by molar-refractivity contribution is 0.0917. The largest absolute Gasteiger partial charge is 0.491 e. The zero-order valence-corrected chi connectivity index (χ0v) is 14.8. The first-order valence-electron chi connectivity index (χ1n) is 8.17. The minimum Gasteiger partial charge on any atom is -0.491 e. The van der Waals surface area contributed by atoms with Crippen molar-refractivity contribution in [1.29, 1.82) is 0 Å². The molecule has 1 atom stereocenters. The van der Waals surface area contributed by atoms with Crippen molar-refractivity contribution in [3.63, 3.8) is 0 Å². The molecule has 0 aliphatic rings. The molecule has 1 aromatic carbocycles. The fraction of sp³-hybridized carbons (Fsp3) is 0.368. The average Bonchev–Trinajstić information content (AvgIpc) is 2.60. The molecule has 2 rings (SSSR count). The number of amides is 1. The zero-order chi connectivity index (χ0) is 18.1. The Balaban J connectivity index is 1.90. The summed E-state index contributed by atoms with van der Waals surface area (Å²) in [4.78, 5) is 16.6. The average molecular weight is 344 g/mol. The van der Waals surface area contributed by atoms with Gasteiger partial charge < -0.3 is 19.5 Å². The molecule has 0 bridgehead atoms. The van der Waals surface area contributed by atoms with E-state index in [1.54, 1.807) is 25.4 Å². The van der Waals surface area contributed by atoms with Crippen LogP contribution in [0.25, 0.3) is 0 Å². The van der Waals surface area contributed by atoms with Gasteiger partial charge in [-0.25, -0.2) is 4.98 Å². The van der Waals surface area contributed by atoms with Gasteiger partial charge in [-0.05, 0) is 43.7 Å². The van der Waals surface area contributed by atoms with Crippen LogP contribution in [0.5, 0.6) is 11.6 Å². The summed E-state index contributed by atoms with van der Waals surface area (Å²) >= 11 is 0. The molecule has 0 spiro atoms. The Bertz CT molecular complexity index is 691. The molecule has 0 saturated heterocycles. The maximum atomic E-state index is 12.5. The molecule has 1 aromatic heterocycles. The molecule has 1 heterocycles. The number of hydrogen-bond donors (Lipinski definition) is 1. The minimum atomic E-state index is -0.249. The molecule has 0 saturated carbocycles. The number of aromatic nitrogens is 1.